The van der Waals surface area contributed by atoms with Crippen molar-refractivity contribution < 1.29 is 17.9 Å². The van der Waals surface area contributed by atoms with Gasteiger partial charge in [0.1, 0.15) is 12.3 Å². The molecule has 140 valence electrons. The predicted molar refractivity (Wildman–Crippen MR) is 111 cm³/mol. The Balaban J connectivity index is 2.10. The van der Waals surface area contributed by atoms with Crippen LogP contribution in [0.5, 0.6) is 5.75 Å². The first-order valence-electron chi connectivity index (χ1n) is 7.87. The summed E-state index contributed by atoms with van der Waals surface area (Å²) in [5.41, 5.74) is 1.36. The van der Waals surface area contributed by atoms with Gasteiger partial charge < -0.3 is 10.1 Å². The lowest BCUT2D eigenvalue weighted by Crippen LogP contribution is -2.41. The van der Waals surface area contributed by atoms with Gasteiger partial charge in [-0.2, -0.15) is 0 Å². The molecule has 0 heterocycles. The fraction of sp³-hybridized carbons (Fsp3) is 0.278. The Labute approximate surface area is 167 Å². The predicted octanol–water partition coefficient (Wildman–Crippen LogP) is 2.94. The molecule has 2 aromatic rings. The number of anilines is 1. The van der Waals surface area contributed by atoms with Crippen LogP contribution in [-0.4, -0.2) is 34.2 Å². The summed E-state index contributed by atoms with van der Waals surface area (Å²) in [6, 6.07) is 14.0. The lowest BCUT2D eigenvalue weighted by atomic mass is 10.1. The highest BCUT2D eigenvalue weighted by molar-refractivity contribution is 14.1. The summed E-state index contributed by atoms with van der Waals surface area (Å²) in [7, 11) is -1.99. The summed E-state index contributed by atoms with van der Waals surface area (Å²) in [4.78, 5) is 12.4. The van der Waals surface area contributed by atoms with Crippen molar-refractivity contribution in [1.82, 2.24) is 5.32 Å². The maximum Gasteiger partial charge on any atom is 0.241 e. The zero-order chi connectivity index (χ0) is 19.3. The fourth-order valence-electron chi connectivity index (χ4n) is 2.40. The van der Waals surface area contributed by atoms with Crippen LogP contribution in [0, 0.1) is 3.57 Å². The van der Waals surface area contributed by atoms with E-state index in [4.69, 9.17) is 4.74 Å². The van der Waals surface area contributed by atoms with Gasteiger partial charge in [0.15, 0.2) is 0 Å². The van der Waals surface area contributed by atoms with Crippen molar-refractivity contribution in [3.05, 3.63) is 57.7 Å². The number of hydrogen-bond donors (Lipinski definition) is 1. The first-order chi connectivity index (χ1) is 12.2. The number of methoxy groups -OCH3 is 1. The topological polar surface area (TPSA) is 75.7 Å². The first kappa shape index (κ1) is 20.5. The molecular weight excluding hydrogens is 467 g/mol. The number of carbonyl (C=O) groups is 1. The van der Waals surface area contributed by atoms with Gasteiger partial charge in [0.05, 0.1) is 25.1 Å². The van der Waals surface area contributed by atoms with Crippen LogP contribution in [0.15, 0.2) is 48.5 Å². The molecule has 0 saturated carbocycles. The van der Waals surface area contributed by atoms with Gasteiger partial charge in [0.2, 0.25) is 15.9 Å². The Morgan fingerprint density at radius 2 is 1.73 bits per heavy atom. The van der Waals surface area contributed by atoms with E-state index in [2.05, 4.69) is 27.9 Å². The molecule has 0 aliphatic heterocycles. The summed E-state index contributed by atoms with van der Waals surface area (Å²) in [5.74, 6) is 0.353. The van der Waals surface area contributed by atoms with Crippen molar-refractivity contribution in [2.45, 2.75) is 13.0 Å². The van der Waals surface area contributed by atoms with Gasteiger partial charge in [0, 0.05) is 3.57 Å². The second-order valence-corrected chi connectivity index (χ2v) is 8.96. The summed E-state index contributed by atoms with van der Waals surface area (Å²) < 4.78 is 31.4. The van der Waals surface area contributed by atoms with E-state index in [0.29, 0.717) is 5.69 Å². The lowest BCUT2D eigenvalue weighted by molar-refractivity contribution is -0.120. The number of hydrogen-bond acceptors (Lipinski definition) is 4. The van der Waals surface area contributed by atoms with E-state index in [0.717, 1.165) is 25.4 Å². The second kappa shape index (κ2) is 8.72. The molecular formula is C18H21IN2O4S. The minimum atomic E-state index is -3.58. The molecule has 26 heavy (non-hydrogen) atoms. The summed E-state index contributed by atoms with van der Waals surface area (Å²) in [6.45, 7) is 1.56. The highest BCUT2D eigenvalue weighted by atomic mass is 127. The Morgan fingerprint density at radius 3 is 2.23 bits per heavy atom. The molecule has 2 rings (SSSR count). The molecule has 0 aliphatic carbocycles. The highest BCUT2D eigenvalue weighted by Crippen LogP contribution is 2.20. The number of nitrogens with zero attached hydrogens (tertiary/aromatic N) is 1. The Morgan fingerprint density at radius 1 is 1.15 bits per heavy atom. The number of amides is 1. The van der Waals surface area contributed by atoms with E-state index in [-0.39, 0.29) is 18.5 Å². The van der Waals surface area contributed by atoms with Crippen molar-refractivity contribution in [3.8, 4) is 5.75 Å². The maximum atomic E-state index is 12.4. The number of benzene rings is 2. The molecule has 0 spiro atoms. The standard InChI is InChI=1S/C18H21IN2O4S/c1-13(14-4-10-17(25-2)11-5-14)20-18(22)12-21(26(3,23)24)16-8-6-15(19)7-9-16/h4-11,13H,12H2,1-3H3,(H,20,22)/t13-/m0/s1. The molecule has 0 bridgehead atoms. The van der Waals surface area contributed by atoms with Crippen LogP contribution in [0.2, 0.25) is 0 Å². The number of carbonyl (C=O) groups excluding carboxylic acids is 1. The van der Waals surface area contributed by atoms with Gasteiger partial charge in [-0.1, -0.05) is 12.1 Å². The normalized spacial score (nSPS) is 12.3. The molecule has 0 saturated heterocycles. The largest absolute Gasteiger partial charge is 0.497 e. The average molecular weight is 488 g/mol. The molecule has 0 aliphatic rings. The van der Waals surface area contributed by atoms with Gasteiger partial charge in [0.25, 0.3) is 0 Å². The van der Waals surface area contributed by atoms with Gasteiger partial charge >= 0.3 is 0 Å². The second-order valence-electron chi connectivity index (χ2n) is 5.81. The third-order valence-electron chi connectivity index (χ3n) is 3.80. The monoisotopic (exact) mass is 488 g/mol. The number of sulfonamides is 1. The van der Waals surface area contributed by atoms with Gasteiger partial charge in [-0.25, -0.2) is 8.42 Å². The average Bonchev–Trinajstić information content (AvgIpc) is 2.59. The number of ether oxygens (including phenoxy) is 1. The van der Waals surface area contributed by atoms with Crippen molar-refractivity contribution >= 4 is 44.2 Å². The lowest BCUT2D eigenvalue weighted by Gasteiger charge is -2.23. The van der Waals surface area contributed by atoms with Crippen LogP contribution < -0.4 is 14.4 Å². The van der Waals surface area contributed by atoms with E-state index in [9.17, 15) is 13.2 Å². The summed E-state index contributed by atoms with van der Waals surface area (Å²) >= 11 is 2.14. The third kappa shape index (κ3) is 5.60. The maximum absolute atomic E-state index is 12.4. The van der Waals surface area contributed by atoms with E-state index < -0.39 is 10.0 Å². The summed E-state index contributed by atoms with van der Waals surface area (Å²) in [5, 5.41) is 2.83. The summed E-state index contributed by atoms with van der Waals surface area (Å²) in [6.07, 6.45) is 1.09. The number of halogens is 1. The molecule has 0 unspecified atom stereocenters. The minimum Gasteiger partial charge on any atom is -0.497 e. The van der Waals surface area contributed by atoms with Gasteiger partial charge in [-0.15, -0.1) is 0 Å². The van der Waals surface area contributed by atoms with E-state index in [1.807, 2.05) is 31.2 Å². The van der Waals surface area contributed by atoms with E-state index in [1.54, 1.807) is 31.4 Å². The van der Waals surface area contributed by atoms with Crippen molar-refractivity contribution in [2.24, 2.45) is 0 Å². The Bertz CT molecular complexity index is 852. The van der Waals surface area contributed by atoms with Crippen LogP contribution in [0.25, 0.3) is 0 Å². The number of rotatable bonds is 7. The highest BCUT2D eigenvalue weighted by Gasteiger charge is 2.21. The van der Waals surface area contributed by atoms with Gasteiger partial charge in [-0.05, 0) is 71.5 Å². The SMILES string of the molecule is COc1ccc([C@H](C)NC(=O)CN(c2ccc(I)cc2)S(C)(=O)=O)cc1. The fourth-order valence-corrected chi connectivity index (χ4v) is 3.62. The molecule has 6 nitrogen and oxygen atoms in total. The smallest absolute Gasteiger partial charge is 0.241 e. The quantitative estimate of drug-likeness (QED) is 0.609. The van der Waals surface area contributed by atoms with Crippen LogP contribution in [0.1, 0.15) is 18.5 Å². The Hall–Kier alpha value is -1.81. The zero-order valence-corrected chi connectivity index (χ0v) is 17.7. The van der Waals surface area contributed by atoms with Gasteiger partial charge in [-0.3, -0.25) is 9.10 Å². The van der Waals surface area contributed by atoms with Crippen molar-refractivity contribution in [3.63, 3.8) is 0 Å². The van der Waals surface area contributed by atoms with Crippen LogP contribution >= 0.6 is 22.6 Å². The third-order valence-corrected chi connectivity index (χ3v) is 5.66. The molecule has 1 N–H and O–H groups in total. The Kier molecular flexibility index (Phi) is 6.87. The van der Waals surface area contributed by atoms with Crippen LogP contribution in [0.3, 0.4) is 0 Å². The molecule has 0 radical (unpaired) electrons. The van der Waals surface area contributed by atoms with Crippen molar-refractivity contribution in [1.29, 1.82) is 0 Å². The van der Waals surface area contributed by atoms with Crippen molar-refractivity contribution in [2.75, 3.05) is 24.2 Å². The zero-order valence-electron chi connectivity index (χ0n) is 14.8. The molecule has 0 aromatic heterocycles. The molecule has 8 heteroatoms. The van der Waals surface area contributed by atoms with Crippen LogP contribution in [-0.2, 0) is 14.8 Å². The van der Waals surface area contributed by atoms with Crippen LogP contribution in [0.4, 0.5) is 5.69 Å². The molecule has 1 atom stereocenters. The molecule has 2 aromatic carbocycles. The van der Waals surface area contributed by atoms with E-state index >= 15 is 0 Å². The number of nitrogens with one attached hydrogen (secondary N) is 1. The van der Waals surface area contributed by atoms with E-state index in [1.165, 1.54) is 0 Å². The first-order valence-corrected chi connectivity index (χ1v) is 10.8. The minimum absolute atomic E-state index is 0.258. The molecule has 1 amide bonds. The molecule has 0 fully saturated rings.